The predicted octanol–water partition coefficient (Wildman–Crippen LogP) is 3.15. The molecule has 1 aliphatic rings. The minimum Gasteiger partial charge on any atom is -0.493 e. The SMILES string of the molecule is CCN(CC)CCOc1ccc2c(c1)OCCC2.Cl. The molecule has 1 aromatic carbocycles. The van der Waals surface area contributed by atoms with Crippen LogP contribution in [-0.2, 0) is 6.42 Å². The average molecular weight is 286 g/mol. The Balaban J connectivity index is 0.00000180. The molecule has 0 aromatic heterocycles. The number of ether oxygens (including phenoxy) is 2. The molecule has 108 valence electrons. The molecule has 19 heavy (non-hydrogen) atoms. The number of nitrogens with zero attached hydrogens (tertiary/aromatic N) is 1. The van der Waals surface area contributed by atoms with Crippen LogP contribution in [-0.4, -0.2) is 37.7 Å². The van der Waals surface area contributed by atoms with Gasteiger partial charge in [0.25, 0.3) is 0 Å². The highest BCUT2D eigenvalue weighted by molar-refractivity contribution is 5.85. The van der Waals surface area contributed by atoms with Crippen LogP contribution in [0.25, 0.3) is 0 Å². The third-order valence-electron chi connectivity index (χ3n) is 3.46. The van der Waals surface area contributed by atoms with Crippen LogP contribution in [0.4, 0.5) is 0 Å². The van der Waals surface area contributed by atoms with Crippen molar-refractivity contribution in [3.8, 4) is 11.5 Å². The Morgan fingerprint density at radius 2 is 2.05 bits per heavy atom. The summed E-state index contributed by atoms with van der Waals surface area (Å²) in [6.07, 6.45) is 2.24. The Labute approximate surface area is 122 Å². The number of aryl methyl sites for hydroxylation is 1. The van der Waals surface area contributed by atoms with Crippen molar-refractivity contribution in [2.75, 3.05) is 32.8 Å². The van der Waals surface area contributed by atoms with Gasteiger partial charge in [0, 0.05) is 12.6 Å². The van der Waals surface area contributed by atoms with E-state index in [2.05, 4.69) is 30.9 Å². The second-order valence-corrected chi connectivity index (χ2v) is 4.60. The van der Waals surface area contributed by atoms with Gasteiger partial charge in [-0.05, 0) is 37.6 Å². The van der Waals surface area contributed by atoms with Crippen LogP contribution in [0.3, 0.4) is 0 Å². The van der Waals surface area contributed by atoms with Gasteiger partial charge in [-0.1, -0.05) is 19.9 Å². The molecule has 0 bridgehead atoms. The van der Waals surface area contributed by atoms with Crippen molar-refractivity contribution in [3.05, 3.63) is 23.8 Å². The van der Waals surface area contributed by atoms with Gasteiger partial charge in [0.1, 0.15) is 18.1 Å². The van der Waals surface area contributed by atoms with Crippen LogP contribution in [0.1, 0.15) is 25.8 Å². The quantitative estimate of drug-likeness (QED) is 0.801. The van der Waals surface area contributed by atoms with E-state index in [1.807, 2.05) is 6.07 Å². The monoisotopic (exact) mass is 285 g/mol. The number of halogens is 1. The lowest BCUT2D eigenvalue weighted by atomic mass is 10.1. The van der Waals surface area contributed by atoms with Gasteiger partial charge in [-0.15, -0.1) is 12.4 Å². The van der Waals surface area contributed by atoms with E-state index < -0.39 is 0 Å². The third-order valence-corrected chi connectivity index (χ3v) is 3.46. The molecule has 0 atom stereocenters. The highest BCUT2D eigenvalue weighted by atomic mass is 35.5. The van der Waals surface area contributed by atoms with Gasteiger partial charge in [0.05, 0.1) is 6.61 Å². The predicted molar refractivity (Wildman–Crippen MR) is 80.8 cm³/mol. The first-order valence-corrected chi connectivity index (χ1v) is 6.94. The fourth-order valence-electron chi connectivity index (χ4n) is 2.24. The number of benzene rings is 1. The fraction of sp³-hybridized carbons (Fsp3) is 0.600. The highest BCUT2D eigenvalue weighted by Gasteiger charge is 2.11. The maximum atomic E-state index is 5.78. The van der Waals surface area contributed by atoms with Crippen molar-refractivity contribution in [1.82, 2.24) is 4.90 Å². The summed E-state index contributed by atoms with van der Waals surface area (Å²) in [6, 6.07) is 6.20. The standard InChI is InChI=1S/C15H23NO2.ClH/c1-3-16(4-2)9-11-17-14-8-7-13-6-5-10-18-15(13)12-14;/h7-8,12H,3-6,9-11H2,1-2H3;1H. The minimum absolute atomic E-state index is 0. The Bertz CT molecular complexity index is 380. The smallest absolute Gasteiger partial charge is 0.126 e. The molecule has 1 aromatic rings. The summed E-state index contributed by atoms with van der Waals surface area (Å²) in [7, 11) is 0. The van der Waals surface area contributed by atoms with Gasteiger partial charge in [0.15, 0.2) is 0 Å². The van der Waals surface area contributed by atoms with E-state index in [9.17, 15) is 0 Å². The zero-order valence-electron chi connectivity index (χ0n) is 11.9. The van der Waals surface area contributed by atoms with Gasteiger partial charge in [-0.3, -0.25) is 0 Å². The molecular formula is C15H24ClNO2. The second-order valence-electron chi connectivity index (χ2n) is 4.60. The lowest BCUT2D eigenvalue weighted by molar-refractivity contribution is 0.221. The van der Waals surface area contributed by atoms with Gasteiger partial charge in [-0.25, -0.2) is 0 Å². The highest BCUT2D eigenvalue weighted by Crippen LogP contribution is 2.28. The van der Waals surface area contributed by atoms with E-state index in [-0.39, 0.29) is 12.4 Å². The van der Waals surface area contributed by atoms with Gasteiger partial charge >= 0.3 is 0 Å². The lowest BCUT2D eigenvalue weighted by Crippen LogP contribution is -2.27. The van der Waals surface area contributed by atoms with E-state index in [4.69, 9.17) is 9.47 Å². The first-order chi connectivity index (χ1) is 8.83. The maximum absolute atomic E-state index is 5.78. The van der Waals surface area contributed by atoms with E-state index in [0.717, 1.165) is 57.2 Å². The summed E-state index contributed by atoms with van der Waals surface area (Å²) < 4.78 is 11.4. The van der Waals surface area contributed by atoms with E-state index >= 15 is 0 Å². The minimum atomic E-state index is 0. The van der Waals surface area contributed by atoms with Crippen LogP contribution in [0.5, 0.6) is 11.5 Å². The number of fused-ring (bicyclic) bond motifs is 1. The molecule has 0 amide bonds. The summed E-state index contributed by atoms with van der Waals surface area (Å²) in [5.41, 5.74) is 1.30. The van der Waals surface area contributed by atoms with Gasteiger partial charge in [-0.2, -0.15) is 0 Å². The second kappa shape index (κ2) is 8.28. The normalized spacial score (nSPS) is 13.4. The molecule has 1 aliphatic heterocycles. The number of hydrogen-bond acceptors (Lipinski definition) is 3. The van der Waals surface area contributed by atoms with Crippen molar-refractivity contribution in [1.29, 1.82) is 0 Å². The molecule has 0 saturated carbocycles. The summed E-state index contributed by atoms with van der Waals surface area (Å²) in [4.78, 5) is 2.36. The molecular weight excluding hydrogens is 262 g/mol. The molecule has 0 fully saturated rings. The molecule has 0 spiro atoms. The zero-order valence-corrected chi connectivity index (χ0v) is 12.7. The molecule has 4 heteroatoms. The van der Waals surface area contributed by atoms with Crippen LogP contribution in [0, 0.1) is 0 Å². The molecule has 0 N–H and O–H groups in total. The van der Waals surface area contributed by atoms with Crippen molar-refractivity contribution in [2.24, 2.45) is 0 Å². The van der Waals surface area contributed by atoms with Crippen LogP contribution >= 0.6 is 12.4 Å². The summed E-state index contributed by atoms with van der Waals surface area (Å²) in [6.45, 7) is 9.05. The summed E-state index contributed by atoms with van der Waals surface area (Å²) >= 11 is 0. The Morgan fingerprint density at radius 1 is 1.26 bits per heavy atom. The fourth-order valence-corrected chi connectivity index (χ4v) is 2.24. The maximum Gasteiger partial charge on any atom is 0.126 e. The molecule has 1 heterocycles. The first-order valence-electron chi connectivity index (χ1n) is 6.94. The molecule has 3 nitrogen and oxygen atoms in total. The molecule has 0 unspecified atom stereocenters. The van der Waals surface area contributed by atoms with Crippen molar-refractivity contribution >= 4 is 12.4 Å². The van der Waals surface area contributed by atoms with E-state index in [0.29, 0.717) is 0 Å². The van der Waals surface area contributed by atoms with Crippen molar-refractivity contribution in [2.45, 2.75) is 26.7 Å². The molecule has 2 rings (SSSR count). The summed E-state index contributed by atoms with van der Waals surface area (Å²) in [5.74, 6) is 1.92. The van der Waals surface area contributed by atoms with E-state index in [1.165, 1.54) is 5.56 Å². The number of hydrogen-bond donors (Lipinski definition) is 0. The van der Waals surface area contributed by atoms with E-state index in [1.54, 1.807) is 0 Å². The topological polar surface area (TPSA) is 21.7 Å². The Hall–Kier alpha value is -0.930. The first kappa shape index (κ1) is 16.1. The Kier molecular flexibility index (Phi) is 7.03. The molecule has 0 aliphatic carbocycles. The zero-order chi connectivity index (χ0) is 12.8. The molecule has 0 radical (unpaired) electrons. The van der Waals surface area contributed by atoms with Crippen LogP contribution in [0.2, 0.25) is 0 Å². The van der Waals surface area contributed by atoms with Crippen molar-refractivity contribution in [3.63, 3.8) is 0 Å². The van der Waals surface area contributed by atoms with Gasteiger partial charge in [0.2, 0.25) is 0 Å². The molecule has 0 saturated heterocycles. The third kappa shape index (κ3) is 4.59. The number of rotatable bonds is 6. The largest absolute Gasteiger partial charge is 0.493 e. The summed E-state index contributed by atoms with van der Waals surface area (Å²) in [5, 5.41) is 0. The van der Waals surface area contributed by atoms with Crippen LogP contribution in [0.15, 0.2) is 18.2 Å². The number of likely N-dealkylation sites (N-methyl/N-ethyl adjacent to an activating group) is 1. The lowest BCUT2D eigenvalue weighted by Gasteiger charge is -2.20. The Morgan fingerprint density at radius 3 is 2.79 bits per heavy atom. The van der Waals surface area contributed by atoms with Gasteiger partial charge < -0.3 is 14.4 Å². The van der Waals surface area contributed by atoms with Crippen molar-refractivity contribution < 1.29 is 9.47 Å². The average Bonchev–Trinajstić information content (AvgIpc) is 2.43. The van der Waals surface area contributed by atoms with Crippen LogP contribution < -0.4 is 9.47 Å².